The van der Waals surface area contributed by atoms with Crippen molar-refractivity contribution in [2.45, 2.75) is 26.0 Å². The van der Waals surface area contributed by atoms with E-state index in [1.807, 2.05) is 30.1 Å². The molecule has 1 aromatic carbocycles. The molecule has 5 rings (SSSR count). The van der Waals surface area contributed by atoms with Gasteiger partial charge < -0.3 is 14.1 Å². The number of hydrogen-bond acceptors (Lipinski definition) is 6. The second-order valence-corrected chi connectivity index (χ2v) is 8.38. The Bertz CT molecular complexity index is 1410. The van der Waals surface area contributed by atoms with Gasteiger partial charge in [-0.25, -0.2) is 19.3 Å². The zero-order chi connectivity index (χ0) is 22.5. The molecule has 4 aromatic heterocycles. The normalized spacial score (nSPS) is 12.0. The van der Waals surface area contributed by atoms with Crippen LogP contribution in [0.15, 0.2) is 59.8 Å². The van der Waals surface area contributed by atoms with Gasteiger partial charge in [0.05, 0.1) is 29.6 Å². The highest BCUT2D eigenvalue weighted by Gasteiger charge is 2.22. The maximum Gasteiger partial charge on any atom is 0.230 e. The molecule has 0 aliphatic heterocycles. The summed E-state index contributed by atoms with van der Waals surface area (Å²) in [5.41, 5.74) is 2.85. The van der Waals surface area contributed by atoms with Crippen molar-refractivity contribution < 1.29 is 13.9 Å². The fourth-order valence-corrected chi connectivity index (χ4v) is 3.63. The van der Waals surface area contributed by atoms with Crippen molar-refractivity contribution in [1.82, 2.24) is 29.3 Å². The van der Waals surface area contributed by atoms with E-state index in [1.54, 1.807) is 37.0 Å². The van der Waals surface area contributed by atoms with Crippen LogP contribution in [0.1, 0.15) is 13.8 Å². The first-order chi connectivity index (χ1) is 15.3. The molecule has 0 atom stereocenters. The number of aryl methyl sites for hydroxylation is 1. The highest BCUT2D eigenvalue weighted by Crippen LogP contribution is 2.36. The molecular formula is C23H21FN6O2. The van der Waals surface area contributed by atoms with E-state index in [-0.39, 0.29) is 12.4 Å². The number of aliphatic hydroxyl groups is 1. The smallest absolute Gasteiger partial charge is 0.230 e. The molecule has 0 saturated heterocycles. The van der Waals surface area contributed by atoms with E-state index in [0.29, 0.717) is 33.9 Å². The summed E-state index contributed by atoms with van der Waals surface area (Å²) in [6, 6.07) is 7.97. The predicted molar refractivity (Wildman–Crippen MR) is 117 cm³/mol. The Morgan fingerprint density at radius 3 is 2.53 bits per heavy atom. The van der Waals surface area contributed by atoms with Crippen LogP contribution < -0.4 is 0 Å². The van der Waals surface area contributed by atoms with E-state index in [4.69, 9.17) is 4.42 Å². The summed E-state index contributed by atoms with van der Waals surface area (Å²) in [5.74, 6) is 0.250. The lowest BCUT2D eigenvalue weighted by atomic mass is 10.0. The Kier molecular flexibility index (Phi) is 4.63. The summed E-state index contributed by atoms with van der Waals surface area (Å²) in [6.45, 7) is 3.70. The summed E-state index contributed by atoms with van der Waals surface area (Å²) in [4.78, 5) is 13.1. The van der Waals surface area contributed by atoms with Crippen molar-refractivity contribution in [2.75, 3.05) is 0 Å². The molecule has 5 aromatic rings. The zero-order valence-electron chi connectivity index (χ0n) is 17.8. The molecule has 0 aliphatic carbocycles. The molecule has 0 fully saturated rings. The lowest BCUT2D eigenvalue weighted by molar-refractivity contribution is 0.0578. The molecule has 162 valence electrons. The molecule has 0 radical (unpaired) electrons. The van der Waals surface area contributed by atoms with E-state index in [2.05, 4.69) is 20.1 Å². The van der Waals surface area contributed by atoms with Crippen LogP contribution >= 0.6 is 0 Å². The molecule has 0 aliphatic rings. The van der Waals surface area contributed by atoms with Gasteiger partial charge in [0.2, 0.25) is 5.71 Å². The van der Waals surface area contributed by atoms with Crippen LogP contribution in [0.5, 0.6) is 0 Å². The number of rotatable bonds is 5. The van der Waals surface area contributed by atoms with Crippen molar-refractivity contribution in [3.63, 3.8) is 0 Å². The van der Waals surface area contributed by atoms with Crippen LogP contribution in [-0.2, 0) is 13.6 Å². The van der Waals surface area contributed by atoms with Gasteiger partial charge in [-0.15, -0.1) is 0 Å². The Hall–Kier alpha value is -3.85. The first-order valence-electron chi connectivity index (χ1n) is 10.1. The molecule has 0 unspecified atom stereocenters. The monoisotopic (exact) mass is 432 g/mol. The zero-order valence-corrected chi connectivity index (χ0v) is 17.8. The molecule has 4 heterocycles. The molecule has 9 heteroatoms. The maximum absolute atomic E-state index is 13.5. The predicted octanol–water partition coefficient (Wildman–Crippen LogP) is 4.06. The largest absolute Gasteiger partial charge is 0.436 e. The third-order valence-electron chi connectivity index (χ3n) is 4.97. The first-order valence-corrected chi connectivity index (χ1v) is 10.1. The second kappa shape index (κ2) is 7.38. The van der Waals surface area contributed by atoms with Crippen LogP contribution in [0, 0.1) is 5.82 Å². The summed E-state index contributed by atoms with van der Waals surface area (Å²) in [7, 11) is 1.89. The maximum atomic E-state index is 13.5. The molecule has 0 bridgehead atoms. The van der Waals surface area contributed by atoms with E-state index < -0.39 is 5.60 Å². The topological polar surface area (TPSA) is 94.8 Å². The number of furan rings is 1. The number of aromatic nitrogens is 6. The van der Waals surface area contributed by atoms with Crippen LogP contribution in [0.25, 0.3) is 45.1 Å². The standard InChI is InChI=1S/C23H21FN6O2/c1-23(2,31)11-30-9-17(20(28-30)14-4-6-15(24)7-5-14)21-16-8-19(18-10-29(3)13-27-18)32-22(16)26-12-25-21/h4-10,12-13,31H,11H2,1-3H3. The lowest BCUT2D eigenvalue weighted by Gasteiger charge is -2.16. The van der Waals surface area contributed by atoms with Crippen molar-refractivity contribution in [2.24, 2.45) is 7.05 Å². The summed E-state index contributed by atoms with van der Waals surface area (Å²) in [5, 5.41) is 15.7. The minimum absolute atomic E-state index is 0.278. The Morgan fingerprint density at radius 1 is 1.06 bits per heavy atom. The van der Waals surface area contributed by atoms with Crippen molar-refractivity contribution in [3.05, 3.63) is 61.2 Å². The number of imidazole rings is 1. The van der Waals surface area contributed by atoms with Gasteiger partial charge in [-0.2, -0.15) is 5.10 Å². The number of hydrogen-bond donors (Lipinski definition) is 1. The molecule has 8 nitrogen and oxygen atoms in total. The number of fused-ring (bicyclic) bond motifs is 1. The lowest BCUT2D eigenvalue weighted by Crippen LogP contribution is -2.26. The van der Waals surface area contributed by atoms with Crippen LogP contribution in [-0.4, -0.2) is 40.0 Å². The summed E-state index contributed by atoms with van der Waals surface area (Å²) >= 11 is 0. The van der Waals surface area contributed by atoms with Gasteiger partial charge in [0, 0.05) is 30.6 Å². The summed E-state index contributed by atoms with van der Waals surface area (Å²) < 4.78 is 23.0. The van der Waals surface area contributed by atoms with E-state index in [1.165, 1.54) is 18.5 Å². The molecule has 0 spiro atoms. The molecule has 0 saturated carbocycles. The van der Waals surface area contributed by atoms with Crippen molar-refractivity contribution in [1.29, 1.82) is 0 Å². The van der Waals surface area contributed by atoms with E-state index >= 15 is 0 Å². The van der Waals surface area contributed by atoms with Gasteiger partial charge in [-0.1, -0.05) is 0 Å². The number of nitrogens with zero attached hydrogens (tertiary/aromatic N) is 6. The Balaban J connectivity index is 1.69. The van der Waals surface area contributed by atoms with Gasteiger partial charge in [0.1, 0.15) is 23.5 Å². The second-order valence-electron chi connectivity index (χ2n) is 8.38. The number of benzene rings is 1. The fraction of sp³-hybridized carbons (Fsp3) is 0.217. The van der Waals surface area contributed by atoms with Gasteiger partial charge in [-0.05, 0) is 44.2 Å². The molecule has 1 N–H and O–H groups in total. The average molecular weight is 432 g/mol. The highest BCUT2D eigenvalue weighted by atomic mass is 19.1. The van der Waals surface area contributed by atoms with Crippen LogP contribution in [0.3, 0.4) is 0 Å². The minimum atomic E-state index is -0.966. The molecule has 0 amide bonds. The van der Waals surface area contributed by atoms with Gasteiger partial charge >= 0.3 is 0 Å². The first kappa shape index (κ1) is 20.1. The van der Waals surface area contributed by atoms with Crippen LogP contribution in [0.2, 0.25) is 0 Å². The SMILES string of the molecule is Cn1cnc(-c2cc3c(-c4cn(CC(C)(C)O)nc4-c4ccc(F)cc4)ncnc3o2)c1. The fourth-order valence-electron chi connectivity index (χ4n) is 3.63. The average Bonchev–Trinajstić information content (AvgIpc) is 3.44. The van der Waals surface area contributed by atoms with Gasteiger partial charge in [0.15, 0.2) is 5.76 Å². The van der Waals surface area contributed by atoms with Gasteiger partial charge in [0.25, 0.3) is 0 Å². The van der Waals surface area contributed by atoms with Gasteiger partial charge in [-0.3, -0.25) is 4.68 Å². The number of halogens is 1. The summed E-state index contributed by atoms with van der Waals surface area (Å²) in [6.07, 6.45) is 6.82. The van der Waals surface area contributed by atoms with Crippen molar-refractivity contribution in [3.8, 4) is 34.0 Å². The van der Waals surface area contributed by atoms with E-state index in [0.717, 1.165) is 11.1 Å². The third-order valence-corrected chi connectivity index (χ3v) is 4.97. The Morgan fingerprint density at radius 2 is 1.84 bits per heavy atom. The van der Waals surface area contributed by atoms with Crippen LogP contribution in [0.4, 0.5) is 4.39 Å². The molecular weight excluding hydrogens is 411 g/mol. The minimum Gasteiger partial charge on any atom is -0.436 e. The highest BCUT2D eigenvalue weighted by molar-refractivity contribution is 5.95. The Labute approximate surface area is 183 Å². The quantitative estimate of drug-likeness (QED) is 0.450. The molecule has 32 heavy (non-hydrogen) atoms. The third kappa shape index (κ3) is 3.78. The van der Waals surface area contributed by atoms with E-state index in [9.17, 15) is 9.50 Å². The van der Waals surface area contributed by atoms with Crippen molar-refractivity contribution >= 4 is 11.1 Å².